The Labute approximate surface area is 97.7 Å². The summed E-state index contributed by atoms with van der Waals surface area (Å²) in [6.07, 6.45) is 9.82. The van der Waals surface area contributed by atoms with Gasteiger partial charge in [0.25, 0.3) is 0 Å². The lowest BCUT2D eigenvalue weighted by Crippen LogP contribution is -2.28. The van der Waals surface area contributed by atoms with Gasteiger partial charge < -0.3 is 9.90 Å². The lowest BCUT2D eigenvalue weighted by molar-refractivity contribution is -0.300. The van der Waals surface area contributed by atoms with Crippen LogP contribution in [0.1, 0.15) is 51.4 Å². The Kier molecular flexibility index (Phi) is 3.67. The molecular formula is C14H21O2-. The molecule has 0 saturated heterocycles. The number of carbonyl (C=O) groups excluding carboxylic acids is 1. The second-order valence-corrected chi connectivity index (χ2v) is 5.57. The second kappa shape index (κ2) is 5.03. The molecule has 2 saturated carbocycles. The highest BCUT2D eigenvalue weighted by atomic mass is 16.4. The lowest BCUT2D eigenvalue weighted by Gasteiger charge is -2.22. The molecule has 2 aliphatic carbocycles. The molecule has 0 bridgehead atoms. The summed E-state index contributed by atoms with van der Waals surface area (Å²) in [6, 6.07) is 0. The van der Waals surface area contributed by atoms with Crippen LogP contribution >= 0.6 is 0 Å². The van der Waals surface area contributed by atoms with E-state index < -0.39 is 5.97 Å². The Morgan fingerprint density at radius 2 is 1.81 bits per heavy atom. The van der Waals surface area contributed by atoms with Crippen LogP contribution in [-0.2, 0) is 4.79 Å². The molecule has 0 spiro atoms. The van der Waals surface area contributed by atoms with Gasteiger partial charge >= 0.3 is 0 Å². The van der Waals surface area contributed by atoms with Crippen LogP contribution in [0, 0.1) is 17.8 Å². The van der Waals surface area contributed by atoms with Gasteiger partial charge in [0.2, 0.25) is 0 Å². The fourth-order valence-corrected chi connectivity index (χ4v) is 2.98. The summed E-state index contributed by atoms with van der Waals surface area (Å²) >= 11 is 0. The molecule has 0 aromatic carbocycles. The fraction of sp³-hybridized carbons (Fsp3) is 0.786. The quantitative estimate of drug-likeness (QED) is 0.540. The molecule has 2 aliphatic rings. The van der Waals surface area contributed by atoms with Crippen molar-refractivity contribution in [1.82, 2.24) is 0 Å². The molecule has 2 rings (SSSR count). The van der Waals surface area contributed by atoms with E-state index in [4.69, 9.17) is 0 Å². The maximum Gasteiger partial charge on any atom is 0.0671 e. The summed E-state index contributed by atoms with van der Waals surface area (Å²) in [7, 11) is 0. The van der Waals surface area contributed by atoms with Crippen molar-refractivity contribution in [3.63, 3.8) is 0 Å². The molecule has 16 heavy (non-hydrogen) atoms. The summed E-state index contributed by atoms with van der Waals surface area (Å²) in [5.41, 5.74) is 0.336. The van der Waals surface area contributed by atoms with Crippen molar-refractivity contribution in [2.45, 2.75) is 51.4 Å². The highest BCUT2D eigenvalue weighted by Gasteiger charge is 2.29. The van der Waals surface area contributed by atoms with E-state index in [0.29, 0.717) is 5.57 Å². The third-order valence-electron chi connectivity index (χ3n) is 4.15. The smallest absolute Gasteiger partial charge is 0.0671 e. The minimum Gasteiger partial charge on any atom is -0.545 e. The van der Waals surface area contributed by atoms with Crippen molar-refractivity contribution in [2.75, 3.05) is 0 Å². The van der Waals surface area contributed by atoms with E-state index in [1.54, 1.807) is 0 Å². The first kappa shape index (κ1) is 11.7. The van der Waals surface area contributed by atoms with Gasteiger partial charge in [-0.25, -0.2) is 0 Å². The molecule has 2 heteroatoms. The molecule has 0 radical (unpaired) electrons. The topological polar surface area (TPSA) is 40.1 Å². The lowest BCUT2D eigenvalue weighted by atomic mass is 9.85. The summed E-state index contributed by atoms with van der Waals surface area (Å²) in [5.74, 6) is 0.810. The Balaban J connectivity index is 1.91. The highest BCUT2D eigenvalue weighted by molar-refractivity contribution is 5.84. The standard InChI is InChI=1S/C14H22O2/c1-10(14(15)16)13-5-3-2-4-12(9-13)8-11-6-7-11/h11-13H,1-9H2,(H,15,16)/p-1. The third-order valence-corrected chi connectivity index (χ3v) is 4.15. The molecule has 2 fully saturated rings. The van der Waals surface area contributed by atoms with E-state index in [9.17, 15) is 9.90 Å². The monoisotopic (exact) mass is 221 g/mol. The zero-order valence-electron chi connectivity index (χ0n) is 9.91. The van der Waals surface area contributed by atoms with Crippen LogP contribution in [0.5, 0.6) is 0 Å². The van der Waals surface area contributed by atoms with Gasteiger partial charge in [0.05, 0.1) is 5.97 Å². The maximum atomic E-state index is 10.8. The van der Waals surface area contributed by atoms with Crippen molar-refractivity contribution < 1.29 is 9.90 Å². The van der Waals surface area contributed by atoms with E-state index in [0.717, 1.165) is 31.1 Å². The zero-order chi connectivity index (χ0) is 11.5. The van der Waals surface area contributed by atoms with Crippen LogP contribution in [0.4, 0.5) is 0 Å². The summed E-state index contributed by atoms with van der Waals surface area (Å²) in [5, 5.41) is 10.8. The number of hydrogen-bond acceptors (Lipinski definition) is 2. The van der Waals surface area contributed by atoms with E-state index >= 15 is 0 Å². The zero-order valence-corrected chi connectivity index (χ0v) is 9.91. The van der Waals surface area contributed by atoms with Gasteiger partial charge in [-0.3, -0.25) is 0 Å². The molecule has 2 atom stereocenters. The van der Waals surface area contributed by atoms with Crippen molar-refractivity contribution in [3.05, 3.63) is 12.2 Å². The van der Waals surface area contributed by atoms with E-state index in [2.05, 4.69) is 6.58 Å². The van der Waals surface area contributed by atoms with E-state index in [1.165, 1.54) is 32.1 Å². The van der Waals surface area contributed by atoms with Gasteiger partial charge in [0.15, 0.2) is 0 Å². The average molecular weight is 221 g/mol. The van der Waals surface area contributed by atoms with Gasteiger partial charge in [0.1, 0.15) is 0 Å². The average Bonchev–Trinajstić information content (AvgIpc) is 3.05. The van der Waals surface area contributed by atoms with Crippen LogP contribution < -0.4 is 5.11 Å². The van der Waals surface area contributed by atoms with Gasteiger partial charge in [-0.05, 0) is 42.6 Å². The SMILES string of the molecule is C=C(C(=O)[O-])C1CCCCC(CC2CC2)C1. The van der Waals surface area contributed by atoms with Gasteiger partial charge in [0, 0.05) is 0 Å². The molecule has 0 heterocycles. The predicted octanol–water partition coefficient (Wildman–Crippen LogP) is 2.29. The number of carboxylic acid groups (broad SMARTS) is 1. The largest absolute Gasteiger partial charge is 0.545 e. The minimum absolute atomic E-state index is 0.177. The van der Waals surface area contributed by atoms with Crippen LogP contribution in [0.2, 0.25) is 0 Å². The number of hydrogen-bond donors (Lipinski definition) is 0. The molecule has 0 aromatic heterocycles. The summed E-state index contributed by atoms with van der Waals surface area (Å²) < 4.78 is 0. The molecular weight excluding hydrogens is 200 g/mol. The molecule has 0 N–H and O–H groups in total. The Hall–Kier alpha value is -0.790. The first-order valence-electron chi connectivity index (χ1n) is 6.57. The normalized spacial score (nSPS) is 30.8. The number of carboxylic acids is 1. The van der Waals surface area contributed by atoms with Gasteiger partial charge in [-0.15, -0.1) is 0 Å². The van der Waals surface area contributed by atoms with Crippen LogP contribution in [0.15, 0.2) is 12.2 Å². The maximum absolute atomic E-state index is 10.8. The van der Waals surface area contributed by atoms with Crippen LogP contribution in [-0.4, -0.2) is 5.97 Å². The van der Waals surface area contributed by atoms with Gasteiger partial charge in [-0.1, -0.05) is 38.7 Å². The molecule has 0 aromatic rings. The van der Waals surface area contributed by atoms with E-state index in [1.807, 2.05) is 0 Å². The van der Waals surface area contributed by atoms with Gasteiger partial charge in [-0.2, -0.15) is 0 Å². The number of carbonyl (C=O) groups is 1. The highest BCUT2D eigenvalue weighted by Crippen LogP contribution is 2.41. The van der Waals surface area contributed by atoms with Crippen molar-refractivity contribution in [1.29, 1.82) is 0 Å². The fourth-order valence-electron chi connectivity index (χ4n) is 2.98. The summed E-state index contributed by atoms with van der Waals surface area (Å²) in [6.45, 7) is 3.69. The summed E-state index contributed by atoms with van der Waals surface area (Å²) in [4.78, 5) is 10.8. The molecule has 0 aliphatic heterocycles. The first-order valence-corrected chi connectivity index (χ1v) is 6.57. The van der Waals surface area contributed by atoms with Crippen molar-refractivity contribution in [2.24, 2.45) is 17.8 Å². The molecule has 0 amide bonds. The Bertz CT molecular complexity index is 278. The first-order chi connectivity index (χ1) is 7.66. The van der Waals surface area contributed by atoms with Crippen molar-refractivity contribution in [3.8, 4) is 0 Å². The number of aliphatic carboxylic acids is 1. The predicted molar refractivity (Wildman–Crippen MR) is 61.6 cm³/mol. The molecule has 2 unspecified atom stereocenters. The molecule has 2 nitrogen and oxygen atoms in total. The van der Waals surface area contributed by atoms with Crippen molar-refractivity contribution >= 4 is 5.97 Å². The third kappa shape index (κ3) is 3.10. The Morgan fingerprint density at radius 1 is 1.12 bits per heavy atom. The van der Waals surface area contributed by atoms with Crippen LogP contribution in [0.25, 0.3) is 0 Å². The second-order valence-electron chi connectivity index (χ2n) is 5.57. The van der Waals surface area contributed by atoms with Crippen LogP contribution in [0.3, 0.4) is 0 Å². The van der Waals surface area contributed by atoms with E-state index in [-0.39, 0.29) is 5.92 Å². The minimum atomic E-state index is -1.04. The Morgan fingerprint density at radius 3 is 2.44 bits per heavy atom. The number of rotatable bonds is 4. The molecule has 90 valence electrons.